The molecule has 0 bridgehead atoms. The molecule has 0 saturated carbocycles. The van der Waals surface area contributed by atoms with E-state index in [1.165, 1.54) is 9.13 Å². The molecule has 0 aromatic heterocycles. The van der Waals surface area contributed by atoms with Crippen LogP contribution in [-0.4, -0.2) is 28.6 Å². The first-order valence-corrected chi connectivity index (χ1v) is 7.37. The molecule has 0 unspecified atom stereocenters. The van der Waals surface area contributed by atoms with Crippen LogP contribution in [0, 0.1) is 9.49 Å². The fraction of sp³-hybridized carbons (Fsp3) is 0.500. The fourth-order valence-electron chi connectivity index (χ4n) is 2.64. The number of carboxylic acid groups (broad SMARTS) is 1. The van der Waals surface area contributed by atoms with Crippen molar-refractivity contribution >= 4 is 28.6 Å². The first-order valence-electron chi connectivity index (χ1n) is 6.29. The van der Waals surface area contributed by atoms with E-state index in [9.17, 15) is 9.90 Å². The number of benzene rings is 1. The van der Waals surface area contributed by atoms with Gasteiger partial charge in [0.15, 0.2) is 0 Å². The molecule has 0 spiro atoms. The molecule has 3 nitrogen and oxygen atoms in total. The van der Waals surface area contributed by atoms with Crippen molar-refractivity contribution in [1.29, 1.82) is 0 Å². The largest absolute Gasteiger partial charge is 0.481 e. The summed E-state index contributed by atoms with van der Waals surface area (Å²) in [7, 11) is 0. The lowest BCUT2D eigenvalue weighted by atomic mass is 9.90. The maximum Gasteiger partial charge on any atom is 0.308 e. The maximum absolute atomic E-state index is 11.2. The van der Waals surface area contributed by atoms with E-state index in [4.69, 9.17) is 0 Å². The zero-order chi connectivity index (χ0) is 13.1. The molecule has 2 atom stereocenters. The molecular formula is C14H18INO2. The highest BCUT2D eigenvalue weighted by Crippen LogP contribution is 2.25. The van der Waals surface area contributed by atoms with Crippen molar-refractivity contribution in [3.8, 4) is 0 Å². The van der Waals surface area contributed by atoms with E-state index in [1.54, 1.807) is 0 Å². The van der Waals surface area contributed by atoms with Crippen LogP contribution in [0.15, 0.2) is 24.3 Å². The van der Waals surface area contributed by atoms with Gasteiger partial charge in [-0.3, -0.25) is 9.69 Å². The maximum atomic E-state index is 11.2. The van der Waals surface area contributed by atoms with Crippen molar-refractivity contribution < 1.29 is 9.90 Å². The predicted octanol–water partition coefficient (Wildman–Crippen LogP) is 2.98. The number of piperidine rings is 1. The average molecular weight is 359 g/mol. The van der Waals surface area contributed by atoms with Gasteiger partial charge in [-0.2, -0.15) is 0 Å². The van der Waals surface area contributed by atoms with Crippen LogP contribution in [0.25, 0.3) is 0 Å². The van der Waals surface area contributed by atoms with Crippen molar-refractivity contribution in [3.05, 3.63) is 33.4 Å². The van der Waals surface area contributed by atoms with Crippen LogP contribution in [0.4, 0.5) is 0 Å². The summed E-state index contributed by atoms with van der Waals surface area (Å²) in [6.45, 7) is 3.88. The van der Waals surface area contributed by atoms with Gasteiger partial charge >= 0.3 is 5.97 Å². The summed E-state index contributed by atoms with van der Waals surface area (Å²) >= 11 is 2.31. The number of likely N-dealkylation sites (tertiary alicyclic amines) is 1. The van der Waals surface area contributed by atoms with Crippen LogP contribution in [-0.2, 0) is 11.3 Å². The lowest BCUT2D eigenvalue weighted by Crippen LogP contribution is -2.45. The van der Waals surface area contributed by atoms with Gasteiger partial charge in [-0.1, -0.05) is 12.1 Å². The number of aliphatic carboxylic acids is 1. The Balaban J connectivity index is 2.06. The van der Waals surface area contributed by atoms with E-state index in [0.29, 0.717) is 0 Å². The Labute approximate surface area is 121 Å². The third-order valence-electron chi connectivity index (χ3n) is 3.71. The van der Waals surface area contributed by atoms with Crippen LogP contribution in [0.5, 0.6) is 0 Å². The second kappa shape index (κ2) is 6.02. The zero-order valence-corrected chi connectivity index (χ0v) is 12.6. The molecule has 1 saturated heterocycles. The molecule has 1 N–H and O–H groups in total. The minimum atomic E-state index is -0.658. The van der Waals surface area contributed by atoms with Gasteiger partial charge in [-0.15, -0.1) is 0 Å². The van der Waals surface area contributed by atoms with Gasteiger partial charge < -0.3 is 5.11 Å². The average Bonchev–Trinajstić information content (AvgIpc) is 2.31. The Morgan fingerprint density at radius 2 is 2.33 bits per heavy atom. The Bertz CT molecular complexity index is 436. The second-order valence-corrected chi connectivity index (χ2v) is 6.17. The van der Waals surface area contributed by atoms with E-state index in [2.05, 4.69) is 51.8 Å². The van der Waals surface area contributed by atoms with Gasteiger partial charge in [0.2, 0.25) is 0 Å². The molecule has 1 fully saturated rings. The number of hydrogen-bond donors (Lipinski definition) is 1. The molecule has 18 heavy (non-hydrogen) atoms. The van der Waals surface area contributed by atoms with Crippen molar-refractivity contribution in [2.24, 2.45) is 5.92 Å². The van der Waals surface area contributed by atoms with Gasteiger partial charge in [0, 0.05) is 16.2 Å². The molecule has 0 radical (unpaired) electrons. The lowest BCUT2D eigenvalue weighted by molar-refractivity contribution is -0.145. The SMILES string of the molecule is C[C@@H]1[C@H](C(=O)O)CCCN1Cc1cccc(I)c1. The van der Waals surface area contributed by atoms with Gasteiger partial charge in [-0.25, -0.2) is 0 Å². The Hall–Kier alpha value is -0.620. The van der Waals surface area contributed by atoms with Gasteiger partial charge in [0.05, 0.1) is 5.92 Å². The third kappa shape index (κ3) is 3.23. The van der Waals surface area contributed by atoms with Crippen LogP contribution >= 0.6 is 22.6 Å². The fourth-order valence-corrected chi connectivity index (χ4v) is 3.24. The summed E-state index contributed by atoms with van der Waals surface area (Å²) in [6, 6.07) is 8.52. The van der Waals surface area contributed by atoms with Crippen LogP contribution in [0.1, 0.15) is 25.3 Å². The Morgan fingerprint density at radius 3 is 3.00 bits per heavy atom. The monoisotopic (exact) mass is 359 g/mol. The Morgan fingerprint density at radius 1 is 1.56 bits per heavy atom. The van der Waals surface area contributed by atoms with Crippen molar-refractivity contribution in [2.75, 3.05) is 6.54 Å². The minimum Gasteiger partial charge on any atom is -0.481 e. The van der Waals surface area contributed by atoms with Crippen molar-refractivity contribution in [3.63, 3.8) is 0 Å². The minimum absolute atomic E-state index is 0.120. The number of nitrogens with zero attached hydrogens (tertiary/aromatic N) is 1. The third-order valence-corrected chi connectivity index (χ3v) is 4.38. The van der Waals surface area contributed by atoms with Gasteiger partial charge in [0.25, 0.3) is 0 Å². The molecule has 4 heteroatoms. The summed E-state index contributed by atoms with van der Waals surface area (Å²) in [4.78, 5) is 13.5. The molecule has 98 valence electrons. The van der Waals surface area contributed by atoms with Crippen LogP contribution in [0.3, 0.4) is 0 Å². The van der Waals surface area contributed by atoms with E-state index < -0.39 is 5.97 Å². The van der Waals surface area contributed by atoms with Gasteiger partial charge in [-0.05, 0) is 66.6 Å². The summed E-state index contributed by atoms with van der Waals surface area (Å²) in [6.07, 6.45) is 1.78. The normalized spacial score (nSPS) is 25.0. The highest BCUT2D eigenvalue weighted by Gasteiger charge is 2.32. The quantitative estimate of drug-likeness (QED) is 0.844. The van der Waals surface area contributed by atoms with Gasteiger partial charge in [0.1, 0.15) is 0 Å². The van der Waals surface area contributed by atoms with Crippen LogP contribution < -0.4 is 0 Å². The van der Waals surface area contributed by atoms with E-state index >= 15 is 0 Å². The first-order chi connectivity index (χ1) is 8.58. The van der Waals surface area contributed by atoms with E-state index in [-0.39, 0.29) is 12.0 Å². The number of carboxylic acids is 1. The second-order valence-electron chi connectivity index (χ2n) is 4.93. The summed E-state index contributed by atoms with van der Waals surface area (Å²) in [5, 5.41) is 9.21. The molecule has 2 rings (SSSR count). The number of halogens is 1. The summed E-state index contributed by atoms with van der Waals surface area (Å²) in [5.74, 6) is -0.878. The summed E-state index contributed by atoms with van der Waals surface area (Å²) < 4.78 is 1.23. The van der Waals surface area contributed by atoms with Crippen molar-refractivity contribution in [1.82, 2.24) is 4.90 Å². The number of hydrogen-bond acceptors (Lipinski definition) is 2. The lowest BCUT2D eigenvalue weighted by Gasteiger charge is -2.37. The van der Waals surface area contributed by atoms with E-state index in [0.717, 1.165) is 25.9 Å². The molecule has 1 aliphatic rings. The number of carbonyl (C=O) groups is 1. The molecule has 0 amide bonds. The zero-order valence-electron chi connectivity index (χ0n) is 10.5. The van der Waals surface area contributed by atoms with Crippen LogP contribution in [0.2, 0.25) is 0 Å². The Kier molecular flexibility index (Phi) is 4.61. The highest BCUT2D eigenvalue weighted by molar-refractivity contribution is 14.1. The number of rotatable bonds is 3. The first kappa shape index (κ1) is 13.8. The molecule has 1 heterocycles. The summed E-state index contributed by atoms with van der Waals surface area (Å²) in [5.41, 5.74) is 1.26. The topological polar surface area (TPSA) is 40.5 Å². The molecule has 1 aliphatic heterocycles. The highest BCUT2D eigenvalue weighted by atomic mass is 127. The standard InChI is InChI=1S/C14H18INO2/c1-10-13(14(17)18)6-3-7-16(10)9-11-4-2-5-12(15)8-11/h2,4-5,8,10,13H,3,6-7,9H2,1H3,(H,17,18)/t10-,13-/m1/s1. The van der Waals surface area contributed by atoms with Crippen molar-refractivity contribution in [2.45, 2.75) is 32.4 Å². The molecular weight excluding hydrogens is 341 g/mol. The predicted molar refractivity (Wildman–Crippen MR) is 79.4 cm³/mol. The van der Waals surface area contributed by atoms with E-state index in [1.807, 2.05) is 6.92 Å². The molecule has 1 aromatic carbocycles. The molecule has 0 aliphatic carbocycles. The molecule has 1 aromatic rings. The smallest absolute Gasteiger partial charge is 0.308 e.